The lowest BCUT2D eigenvalue weighted by Crippen LogP contribution is -2.46. The molecule has 0 spiro atoms. The predicted octanol–water partition coefficient (Wildman–Crippen LogP) is 2.67. The number of benzene rings is 2. The van der Waals surface area contributed by atoms with Crippen LogP contribution in [0.15, 0.2) is 48.5 Å². The summed E-state index contributed by atoms with van der Waals surface area (Å²) in [4.78, 5) is 26.8. The number of carbonyl (C=O) groups excluding carboxylic acids is 2. The number of piperidine rings is 1. The average Bonchev–Trinajstić information content (AvgIpc) is 2.74. The summed E-state index contributed by atoms with van der Waals surface area (Å²) >= 11 is 0. The van der Waals surface area contributed by atoms with Crippen molar-refractivity contribution >= 4 is 11.8 Å². The molecule has 0 aromatic heterocycles. The molecule has 2 amide bonds. The Morgan fingerprint density at radius 3 is 2.32 bits per heavy atom. The van der Waals surface area contributed by atoms with Crippen molar-refractivity contribution in [3.05, 3.63) is 59.7 Å². The fourth-order valence-corrected chi connectivity index (χ4v) is 3.41. The fraction of sp³-hybridized carbons (Fsp3) is 0.364. The van der Waals surface area contributed by atoms with E-state index in [1.54, 1.807) is 26.4 Å². The van der Waals surface area contributed by atoms with E-state index in [0.717, 1.165) is 18.4 Å². The van der Waals surface area contributed by atoms with Crippen LogP contribution in [-0.2, 0) is 11.2 Å². The molecule has 0 bridgehead atoms. The Balaban J connectivity index is 1.50. The summed E-state index contributed by atoms with van der Waals surface area (Å²) in [6.45, 7) is 1.29. The number of ether oxygens (including phenoxy) is 2. The number of nitrogens with zero attached hydrogens (tertiary/aromatic N) is 1. The normalized spacial score (nSPS) is 14.4. The molecule has 0 aliphatic carbocycles. The van der Waals surface area contributed by atoms with Gasteiger partial charge in [0.05, 0.1) is 20.6 Å². The van der Waals surface area contributed by atoms with E-state index in [9.17, 15) is 9.59 Å². The third-order valence-corrected chi connectivity index (χ3v) is 5.02. The molecule has 2 aromatic carbocycles. The number of likely N-dealkylation sites (tertiary alicyclic amines) is 1. The molecule has 148 valence electrons. The highest BCUT2D eigenvalue weighted by atomic mass is 16.5. The standard InChI is InChI=1S/C22H26N2O4/c1-27-19-9-8-16(14-20(19)28-2)15-21(25)24-12-10-18(11-13-24)23-22(26)17-6-4-3-5-7-17/h3-9,14,18H,10-13,15H2,1-2H3,(H,23,26). The van der Waals surface area contributed by atoms with Crippen molar-refractivity contribution < 1.29 is 19.1 Å². The van der Waals surface area contributed by atoms with Gasteiger partial charge in [-0.1, -0.05) is 24.3 Å². The van der Waals surface area contributed by atoms with Crippen LogP contribution in [0.3, 0.4) is 0 Å². The van der Waals surface area contributed by atoms with Crippen LogP contribution in [0, 0.1) is 0 Å². The Morgan fingerprint density at radius 1 is 1.00 bits per heavy atom. The summed E-state index contributed by atoms with van der Waals surface area (Å²) in [6, 6.07) is 14.8. The molecule has 0 atom stereocenters. The van der Waals surface area contributed by atoms with Gasteiger partial charge in [0, 0.05) is 24.7 Å². The van der Waals surface area contributed by atoms with E-state index < -0.39 is 0 Å². The smallest absolute Gasteiger partial charge is 0.251 e. The topological polar surface area (TPSA) is 67.9 Å². The molecule has 28 heavy (non-hydrogen) atoms. The molecule has 0 unspecified atom stereocenters. The quantitative estimate of drug-likeness (QED) is 0.834. The van der Waals surface area contributed by atoms with E-state index in [4.69, 9.17) is 9.47 Å². The summed E-state index contributed by atoms with van der Waals surface area (Å²) < 4.78 is 10.5. The number of hydrogen-bond donors (Lipinski definition) is 1. The molecule has 6 nitrogen and oxygen atoms in total. The van der Waals surface area contributed by atoms with Crippen LogP contribution >= 0.6 is 0 Å². The number of methoxy groups -OCH3 is 2. The lowest BCUT2D eigenvalue weighted by molar-refractivity contribution is -0.131. The fourth-order valence-electron chi connectivity index (χ4n) is 3.41. The Labute approximate surface area is 165 Å². The van der Waals surface area contributed by atoms with Gasteiger partial charge in [-0.15, -0.1) is 0 Å². The van der Waals surface area contributed by atoms with Gasteiger partial charge < -0.3 is 19.7 Å². The first-order valence-electron chi connectivity index (χ1n) is 9.45. The molecule has 1 N–H and O–H groups in total. The van der Waals surface area contributed by atoms with Gasteiger partial charge >= 0.3 is 0 Å². The first-order valence-corrected chi connectivity index (χ1v) is 9.45. The molecule has 1 fully saturated rings. The third-order valence-electron chi connectivity index (χ3n) is 5.02. The lowest BCUT2D eigenvalue weighted by atomic mass is 10.0. The highest BCUT2D eigenvalue weighted by molar-refractivity contribution is 5.94. The second kappa shape index (κ2) is 9.26. The zero-order valence-corrected chi connectivity index (χ0v) is 16.3. The molecular formula is C22H26N2O4. The lowest BCUT2D eigenvalue weighted by Gasteiger charge is -2.32. The summed E-state index contributed by atoms with van der Waals surface area (Å²) in [5, 5.41) is 3.06. The Bertz CT molecular complexity index is 815. The summed E-state index contributed by atoms with van der Waals surface area (Å²) in [5.41, 5.74) is 1.55. The Morgan fingerprint density at radius 2 is 1.68 bits per heavy atom. The average molecular weight is 382 g/mol. The molecule has 2 aromatic rings. The molecule has 3 rings (SSSR count). The maximum absolute atomic E-state index is 12.6. The molecule has 0 saturated carbocycles. The number of carbonyl (C=O) groups is 2. The molecule has 1 aliphatic heterocycles. The Kier molecular flexibility index (Phi) is 6.53. The monoisotopic (exact) mass is 382 g/mol. The van der Waals surface area contributed by atoms with Crippen molar-refractivity contribution in [2.24, 2.45) is 0 Å². The van der Waals surface area contributed by atoms with Crippen molar-refractivity contribution in [3.63, 3.8) is 0 Å². The first-order chi connectivity index (χ1) is 13.6. The van der Waals surface area contributed by atoms with E-state index in [1.165, 1.54) is 0 Å². The first kappa shape index (κ1) is 19.7. The van der Waals surface area contributed by atoms with E-state index in [1.807, 2.05) is 41.3 Å². The van der Waals surface area contributed by atoms with Crippen LogP contribution in [0.2, 0.25) is 0 Å². The molecule has 1 heterocycles. The SMILES string of the molecule is COc1ccc(CC(=O)N2CCC(NC(=O)c3ccccc3)CC2)cc1OC. The minimum Gasteiger partial charge on any atom is -0.493 e. The number of rotatable bonds is 6. The zero-order valence-electron chi connectivity index (χ0n) is 16.3. The minimum atomic E-state index is -0.0595. The second-order valence-electron chi connectivity index (χ2n) is 6.86. The van der Waals surface area contributed by atoms with Crippen LogP contribution in [0.1, 0.15) is 28.8 Å². The summed E-state index contributed by atoms with van der Waals surface area (Å²) in [6.07, 6.45) is 1.84. The molecule has 0 radical (unpaired) electrons. The largest absolute Gasteiger partial charge is 0.493 e. The number of hydrogen-bond acceptors (Lipinski definition) is 4. The van der Waals surface area contributed by atoms with Gasteiger partial charge in [0.25, 0.3) is 5.91 Å². The van der Waals surface area contributed by atoms with Gasteiger partial charge in [-0.3, -0.25) is 9.59 Å². The highest BCUT2D eigenvalue weighted by Crippen LogP contribution is 2.28. The minimum absolute atomic E-state index is 0.0595. The van der Waals surface area contributed by atoms with Crippen molar-refractivity contribution in [2.45, 2.75) is 25.3 Å². The maximum Gasteiger partial charge on any atom is 0.251 e. The van der Waals surface area contributed by atoms with Gasteiger partial charge in [0.15, 0.2) is 11.5 Å². The van der Waals surface area contributed by atoms with Gasteiger partial charge in [0.1, 0.15) is 0 Å². The van der Waals surface area contributed by atoms with Gasteiger partial charge in [-0.05, 0) is 42.7 Å². The zero-order chi connectivity index (χ0) is 19.9. The summed E-state index contributed by atoms with van der Waals surface area (Å²) in [5.74, 6) is 1.29. The van der Waals surface area contributed by atoms with Crippen LogP contribution < -0.4 is 14.8 Å². The molecule has 6 heteroatoms. The van der Waals surface area contributed by atoms with Gasteiger partial charge in [-0.2, -0.15) is 0 Å². The maximum atomic E-state index is 12.6. The Hall–Kier alpha value is -3.02. The highest BCUT2D eigenvalue weighted by Gasteiger charge is 2.24. The van der Waals surface area contributed by atoms with E-state index in [2.05, 4.69) is 5.32 Å². The van der Waals surface area contributed by atoms with Crippen molar-refractivity contribution in [2.75, 3.05) is 27.3 Å². The van der Waals surface area contributed by atoms with E-state index in [-0.39, 0.29) is 17.9 Å². The molecule has 1 saturated heterocycles. The predicted molar refractivity (Wildman–Crippen MR) is 107 cm³/mol. The van der Waals surface area contributed by atoms with Crippen LogP contribution in [0.25, 0.3) is 0 Å². The van der Waals surface area contributed by atoms with Crippen molar-refractivity contribution in [1.82, 2.24) is 10.2 Å². The second-order valence-corrected chi connectivity index (χ2v) is 6.86. The molecular weight excluding hydrogens is 356 g/mol. The summed E-state index contributed by atoms with van der Waals surface area (Å²) in [7, 11) is 3.17. The van der Waals surface area contributed by atoms with Crippen molar-refractivity contribution in [1.29, 1.82) is 0 Å². The third kappa shape index (κ3) is 4.82. The van der Waals surface area contributed by atoms with E-state index in [0.29, 0.717) is 36.6 Å². The van der Waals surface area contributed by atoms with Crippen molar-refractivity contribution in [3.8, 4) is 11.5 Å². The number of amides is 2. The van der Waals surface area contributed by atoms with Crippen LogP contribution in [0.4, 0.5) is 0 Å². The van der Waals surface area contributed by atoms with Gasteiger partial charge in [0.2, 0.25) is 5.91 Å². The molecule has 1 aliphatic rings. The van der Waals surface area contributed by atoms with Crippen LogP contribution in [0.5, 0.6) is 11.5 Å². The van der Waals surface area contributed by atoms with Crippen LogP contribution in [-0.4, -0.2) is 50.1 Å². The van der Waals surface area contributed by atoms with E-state index >= 15 is 0 Å². The number of nitrogens with one attached hydrogen (secondary N) is 1. The van der Waals surface area contributed by atoms with Gasteiger partial charge in [-0.25, -0.2) is 0 Å².